The predicted molar refractivity (Wildman–Crippen MR) is 91.3 cm³/mol. The highest BCUT2D eigenvalue weighted by Crippen LogP contribution is 2.37. The molecule has 0 saturated heterocycles. The molecule has 3 heteroatoms. The van der Waals surface area contributed by atoms with E-state index in [4.69, 9.17) is 0 Å². The molecule has 1 heterocycles. The summed E-state index contributed by atoms with van der Waals surface area (Å²) in [6, 6.07) is 10.9. The van der Waals surface area contributed by atoms with Gasteiger partial charge in [-0.25, -0.2) is 0 Å². The molecule has 0 aliphatic heterocycles. The second-order valence-corrected chi connectivity index (χ2v) is 6.25. The fourth-order valence-corrected chi connectivity index (χ4v) is 2.92. The fraction of sp³-hybridized carbons (Fsp3) is 0.421. The zero-order chi connectivity index (χ0) is 15.7. The Bertz CT molecular complexity index is 742. The Kier molecular flexibility index (Phi) is 4.16. The molecule has 1 fully saturated rings. The Morgan fingerprint density at radius 3 is 2.64 bits per heavy atom. The van der Waals surface area contributed by atoms with Crippen LogP contribution in [0.3, 0.4) is 0 Å². The molecular formula is C19H24N2O. The number of aryl methyl sites for hydroxylation is 2. The Morgan fingerprint density at radius 1 is 1.18 bits per heavy atom. The molecule has 0 radical (unpaired) electrons. The van der Waals surface area contributed by atoms with Gasteiger partial charge >= 0.3 is 0 Å². The van der Waals surface area contributed by atoms with E-state index in [1.807, 2.05) is 10.6 Å². The van der Waals surface area contributed by atoms with Gasteiger partial charge in [-0.2, -0.15) is 0 Å². The summed E-state index contributed by atoms with van der Waals surface area (Å²) in [5.41, 5.74) is 5.73. The van der Waals surface area contributed by atoms with Gasteiger partial charge in [-0.1, -0.05) is 30.7 Å². The second kappa shape index (κ2) is 6.09. The molecule has 1 aromatic heterocycles. The number of pyridine rings is 1. The van der Waals surface area contributed by atoms with Crippen LogP contribution in [0.5, 0.6) is 0 Å². The van der Waals surface area contributed by atoms with Gasteiger partial charge in [-0.05, 0) is 50.9 Å². The first-order valence-corrected chi connectivity index (χ1v) is 8.14. The van der Waals surface area contributed by atoms with Gasteiger partial charge in [0.2, 0.25) is 0 Å². The molecule has 0 amide bonds. The first kappa shape index (κ1) is 15.0. The van der Waals surface area contributed by atoms with Crippen LogP contribution in [-0.4, -0.2) is 11.1 Å². The molecule has 2 aromatic rings. The van der Waals surface area contributed by atoms with Crippen molar-refractivity contribution in [3.8, 4) is 11.3 Å². The van der Waals surface area contributed by atoms with Crippen LogP contribution in [0.1, 0.15) is 42.5 Å². The van der Waals surface area contributed by atoms with E-state index in [2.05, 4.69) is 50.4 Å². The van der Waals surface area contributed by atoms with E-state index in [9.17, 15) is 4.79 Å². The van der Waals surface area contributed by atoms with Gasteiger partial charge < -0.3 is 9.88 Å². The van der Waals surface area contributed by atoms with E-state index in [1.54, 1.807) is 0 Å². The third-order valence-corrected chi connectivity index (χ3v) is 4.34. The van der Waals surface area contributed by atoms with Crippen LogP contribution in [0.2, 0.25) is 0 Å². The Morgan fingerprint density at radius 2 is 1.95 bits per heavy atom. The number of rotatable bonds is 5. The van der Waals surface area contributed by atoms with Gasteiger partial charge in [0.1, 0.15) is 0 Å². The molecule has 22 heavy (non-hydrogen) atoms. The summed E-state index contributed by atoms with van der Waals surface area (Å²) in [7, 11) is 0. The van der Waals surface area contributed by atoms with E-state index in [0.717, 1.165) is 30.6 Å². The number of aromatic nitrogens is 1. The van der Waals surface area contributed by atoms with E-state index >= 15 is 0 Å². The first-order valence-electron chi connectivity index (χ1n) is 8.14. The van der Waals surface area contributed by atoms with Gasteiger partial charge in [-0.15, -0.1) is 0 Å². The van der Waals surface area contributed by atoms with Crippen LogP contribution in [0.4, 0.5) is 0 Å². The average Bonchev–Trinajstić information content (AvgIpc) is 3.33. The fourth-order valence-electron chi connectivity index (χ4n) is 2.92. The van der Waals surface area contributed by atoms with Crippen molar-refractivity contribution in [1.82, 2.24) is 9.88 Å². The summed E-state index contributed by atoms with van der Waals surface area (Å²) in [5.74, 6) is 0. The van der Waals surface area contributed by atoms with Crippen LogP contribution < -0.4 is 10.9 Å². The third-order valence-electron chi connectivity index (χ3n) is 4.34. The number of nitrogens with zero attached hydrogens (tertiary/aromatic N) is 1. The van der Waals surface area contributed by atoms with Gasteiger partial charge in [-0.3, -0.25) is 4.79 Å². The minimum atomic E-state index is 0.168. The molecule has 0 unspecified atom stereocenters. The molecule has 1 aliphatic rings. The maximum atomic E-state index is 12.9. The Labute approximate surface area is 132 Å². The molecule has 3 nitrogen and oxygen atoms in total. The Hall–Kier alpha value is -1.87. The predicted octanol–water partition coefficient (Wildman–Crippen LogP) is 3.58. The standard InChI is InChI=1S/C19H24N2O/c1-4-20-12-15-7-10-18(21(19(15)22)16-8-9-16)17-11-13(2)5-6-14(17)3/h5-7,10-11,16,20H,4,8-9,12H2,1-3H3. The quantitative estimate of drug-likeness (QED) is 0.915. The number of benzene rings is 1. The summed E-state index contributed by atoms with van der Waals surface area (Å²) < 4.78 is 2.02. The highest BCUT2D eigenvalue weighted by atomic mass is 16.1. The maximum Gasteiger partial charge on any atom is 0.255 e. The summed E-state index contributed by atoms with van der Waals surface area (Å²) in [6.07, 6.45) is 2.23. The lowest BCUT2D eigenvalue weighted by Gasteiger charge is -2.16. The average molecular weight is 296 g/mol. The van der Waals surface area contributed by atoms with Crippen LogP contribution in [0.15, 0.2) is 35.1 Å². The number of hydrogen-bond donors (Lipinski definition) is 1. The normalized spacial score (nSPS) is 14.3. The van der Waals surface area contributed by atoms with Gasteiger partial charge in [0.15, 0.2) is 0 Å². The minimum Gasteiger partial charge on any atom is -0.313 e. The highest BCUT2D eigenvalue weighted by molar-refractivity contribution is 5.65. The monoisotopic (exact) mass is 296 g/mol. The largest absolute Gasteiger partial charge is 0.313 e. The highest BCUT2D eigenvalue weighted by Gasteiger charge is 2.28. The lowest BCUT2D eigenvalue weighted by molar-refractivity contribution is 0.672. The van der Waals surface area contributed by atoms with Crippen molar-refractivity contribution in [3.05, 3.63) is 57.4 Å². The topological polar surface area (TPSA) is 34.0 Å². The van der Waals surface area contributed by atoms with Crippen molar-refractivity contribution in [1.29, 1.82) is 0 Å². The molecule has 3 rings (SSSR count). The first-order chi connectivity index (χ1) is 10.6. The maximum absolute atomic E-state index is 12.9. The smallest absolute Gasteiger partial charge is 0.255 e. The van der Waals surface area contributed by atoms with Crippen molar-refractivity contribution < 1.29 is 0 Å². The molecule has 116 valence electrons. The molecule has 0 bridgehead atoms. The molecule has 1 N–H and O–H groups in total. The lowest BCUT2D eigenvalue weighted by Crippen LogP contribution is -2.27. The molecule has 1 aromatic carbocycles. The SMILES string of the molecule is CCNCc1ccc(-c2cc(C)ccc2C)n(C2CC2)c1=O. The van der Waals surface area contributed by atoms with E-state index in [1.165, 1.54) is 16.7 Å². The van der Waals surface area contributed by atoms with Gasteiger partial charge in [0.25, 0.3) is 5.56 Å². The second-order valence-electron chi connectivity index (χ2n) is 6.25. The number of nitrogens with one attached hydrogen (secondary N) is 1. The molecule has 0 atom stereocenters. The molecular weight excluding hydrogens is 272 g/mol. The van der Waals surface area contributed by atoms with Crippen LogP contribution in [0, 0.1) is 13.8 Å². The summed E-state index contributed by atoms with van der Waals surface area (Å²) in [5, 5.41) is 3.26. The van der Waals surface area contributed by atoms with E-state index < -0.39 is 0 Å². The molecule has 1 saturated carbocycles. The third kappa shape index (κ3) is 2.86. The van der Waals surface area contributed by atoms with Gasteiger partial charge in [0.05, 0.1) is 5.69 Å². The van der Waals surface area contributed by atoms with Crippen LogP contribution in [-0.2, 0) is 6.54 Å². The van der Waals surface area contributed by atoms with E-state index in [0.29, 0.717) is 12.6 Å². The summed E-state index contributed by atoms with van der Waals surface area (Å²) >= 11 is 0. The number of hydrogen-bond acceptors (Lipinski definition) is 2. The molecule has 1 aliphatic carbocycles. The Balaban J connectivity index is 2.14. The molecule has 0 spiro atoms. The van der Waals surface area contributed by atoms with Crippen molar-refractivity contribution in [3.63, 3.8) is 0 Å². The van der Waals surface area contributed by atoms with Crippen molar-refractivity contribution in [2.24, 2.45) is 0 Å². The van der Waals surface area contributed by atoms with Crippen LogP contribution >= 0.6 is 0 Å². The lowest BCUT2D eigenvalue weighted by atomic mass is 10.0. The summed E-state index contributed by atoms with van der Waals surface area (Å²) in [4.78, 5) is 12.9. The van der Waals surface area contributed by atoms with Crippen molar-refractivity contribution >= 4 is 0 Å². The van der Waals surface area contributed by atoms with E-state index in [-0.39, 0.29) is 5.56 Å². The van der Waals surface area contributed by atoms with Gasteiger partial charge in [0, 0.05) is 23.7 Å². The van der Waals surface area contributed by atoms with Crippen molar-refractivity contribution in [2.75, 3.05) is 6.54 Å². The van der Waals surface area contributed by atoms with Crippen molar-refractivity contribution in [2.45, 2.75) is 46.2 Å². The zero-order valence-corrected chi connectivity index (χ0v) is 13.6. The summed E-state index contributed by atoms with van der Waals surface area (Å²) in [6.45, 7) is 7.80. The van der Waals surface area contributed by atoms with Crippen LogP contribution in [0.25, 0.3) is 11.3 Å². The minimum absolute atomic E-state index is 0.168. The zero-order valence-electron chi connectivity index (χ0n) is 13.6.